The molecule has 4 rings (SSSR count). The Morgan fingerprint density at radius 3 is 2.30 bits per heavy atom. The van der Waals surface area contributed by atoms with Crippen molar-refractivity contribution >= 4 is 21.6 Å². The second kappa shape index (κ2) is 15.1. The van der Waals surface area contributed by atoms with Crippen LogP contribution in [0.5, 0.6) is 17.4 Å². The summed E-state index contributed by atoms with van der Waals surface area (Å²) in [5.41, 5.74) is 5.71. The summed E-state index contributed by atoms with van der Waals surface area (Å²) in [7, 11) is 1.38. The van der Waals surface area contributed by atoms with Crippen LogP contribution in [0.15, 0.2) is 60.7 Å². The van der Waals surface area contributed by atoms with Gasteiger partial charge in [-0.15, -0.1) is 0 Å². The lowest BCUT2D eigenvalue weighted by Crippen LogP contribution is -2.31. The number of likely N-dealkylation sites (tertiary alicyclic amines) is 1. The number of nitrogens with zero attached hydrogens (tertiary/aromatic N) is 2. The zero-order valence-corrected chi connectivity index (χ0v) is 28.8. The van der Waals surface area contributed by atoms with Gasteiger partial charge in [0, 0.05) is 35.7 Å². The van der Waals surface area contributed by atoms with Gasteiger partial charge in [-0.05, 0) is 60.4 Å². The summed E-state index contributed by atoms with van der Waals surface area (Å²) >= 11 is 0. The molecule has 0 saturated carbocycles. The molecule has 248 valence electrons. The summed E-state index contributed by atoms with van der Waals surface area (Å²) in [4.78, 5) is 20.1. The molecule has 3 aromatic rings. The van der Waals surface area contributed by atoms with E-state index < -0.39 is 10.1 Å². The zero-order valence-electron chi connectivity index (χ0n) is 28.0. The van der Waals surface area contributed by atoms with Crippen LogP contribution in [-0.2, 0) is 37.5 Å². The van der Waals surface area contributed by atoms with Crippen LogP contribution in [0.3, 0.4) is 0 Å². The van der Waals surface area contributed by atoms with E-state index in [1.165, 1.54) is 5.56 Å². The Morgan fingerprint density at radius 2 is 1.67 bits per heavy atom. The number of ether oxygens (including phenoxy) is 3. The van der Waals surface area contributed by atoms with Crippen molar-refractivity contribution in [1.29, 1.82) is 0 Å². The Kier molecular flexibility index (Phi) is 11.5. The van der Waals surface area contributed by atoms with Gasteiger partial charge in [-0.25, -0.2) is 4.98 Å². The number of hydrogen-bond donors (Lipinski definition) is 0. The van der Waals surface area contributed by atoms with E-state index in [0.717, 1.165) is 40.6 Å². The van der Waals surface area contributed by atoms with E-state index in [0.29, 0.717) is 49.6 Å². The van der Waals surface area contributed by atoms with Crippen molar-refractivity contribution in [1.82, 2.24) is 9.88 Å². The van der Waals surface area contributed by atoms with Gasteiger partial charge in [0.1, 0.15) is 11.5 Å². The Bertz CT molecular complexity index is 1640. The summed E-state index contributed by atoms with van der Waals surface area (Å²) in [6.07, 6.45) is 6.32. The fraction of sp³-hybridized carbons (Fsp3) is 0.444. The fourth-order valence-electron chi connectivity index (χ4n) is 5.59. The zero-order chi connectivity index (χ0) is 33.5. The van der Waals surface area contributed by atoms with Gasteiger partial charge in [-0.1, -0.05) is 57.2 Å². The summed E-state index contributed by atoms with van der Waals surface area (Å²) in [6, 6.07) is 18.0. The molecule has 10 heteroatoms. The molecule has 0 bridgehead atoms. The number of rotatable bonds is 14. The minimum atomic E-state index is -3.46. The molecule has 1 aliphatic heterocycles. The van der Waals surface area contributed by atoms with Crippen LogP contribution in [0.25, 0.3) is 5.57 Å². The van der Waals surface area contributed by atoms with Gasteiger partial charge in [-0.2, -0.15) is 8.42 Å². The van der Waals surface area contributed by atoms with E-state index in [2.05, 4.69) is 51.1 Å². The molecular weight excluding hydrogens is 604 g/mol. The number of methoxy groups -OCH3 is 3. The Labute approximate surface area is 273 Å². The second-order valence-electron chi connectivity index (χ2n) is 12.6. The van der Waals surface area contributed by atoms with Gasteiger partial charge in [-0.3, -0.25) is 8.98 Å². The Balaban J connectivity index is 1.68. The number of carbonyl (C=O) groups is 1. The van der Waals surface area contributed by atoms with Crippen LogP contribution < -0.4 is 14.2 Å². The molecule has 1 fully saturated rings. The first-order chi connectivity index (χ1) is 21.8. The molecule has 0 N–H and O–H groups in total. The topological polar surface area (TPSA) is 104 Å². The molecule has 0 aliphatic carbocycles. The maximum atomic E-state index is 13.2. The third-order valence-corrected chi connectivity index (χ3v) is 8.77. The van der Waals surface area contributed by atoms with Crippen molar-refractivity contribution < 1.29 is 31.6 Å². The van der Waals surface area contributed by atoms with E-state index in [-0.39, 0.29) is 24.0 Å². The van der Waals surface area contributed by atoms with Crippen molar-refractivity contribution in [3.63, 3.8) is 0 Å². The van der Waals surface area contributed by atoms with Gasteiger partial charge in [0.2, 0.25) is 11.8 Å². The lowest BCUT2D eigenvalue weighted by Gasteiger charge is -2.25. The highest BCUT2D eigenvalue weighted by molar-refractivity contribution is 7.85. The first kappa shape index (κ1) is 35.0. The van der Waals surface area contributed by atoms with Crippen LogP contribution in [0, 0.1) is 0 Å². The number of benzene rings is 2. The first-order valence-electron chi connectivity index (χ1n) is 15.5. The van der Waals surface area contributed by atoms with E-state index in [9.17, 15) is 13.2 Å². The highest BCUT2D eigenvalue weighted by atomic mass is 32.2. The molecule has 1 saturated heterocycles. The van der Waals surface area contributed by atoms with E-state index >= 15 is 0 Å². The molecule has 2 aromatic carbocycles. The van der Waals surface area contributed by atoms with Crippen molar-refractivity contribution in [2.24, 2.45) is 0 Å². The van der Waals surface area contributed by atoms with Gasteiger partial charge >= 0.3 is 0 Å². The lowest BCUT2D eigenvalue weighted by atomic mass is 9.86. The van der Waals surface area contributed by atoms with Crippen LogP contribution in [0.2, 0.25) is 0 Å². The normalized spacial score (nSPS) is 15.7. The van der Waals surface area contributed by atoms with Gasteiger partial charge in [0.15, 0.2) is 0 Å². The first-order valence-corrected chi connectivity index (χ1v) is 17.4. The highest BCUT2D eigenvalue weighted by Crippen LogP contribution is 2.34. The fourth-order valence-corrected chi connectivity index (χ4v) is 6.01. The molecule has 46 heavy (non-hydrogen) atoms. The number of aryl methyl sites for hydroxylation is 1. The van der Waals surface area contributed by atoms with E-state index in [1.54, 1.807) is 21.3 Å². The largest absolute Gasteiger partial charge is 0.497 e. The monoisotopic (exact) mass is 650 g/mol. The summed E-state index contributed by atoms with van der Waals surface area (Å²) in [6.45, 7) is 7.11. The van der Waals surface area contributed by atoms with Gasteiger partial charge < -0.3 is 19.1 Å². The SMILES string of the molecule is COc1ccc(CN2C(=O)CC[C@@H]2/C=C(/c2ccc(C(C)(C)C)cc2)c2ccc(CCCCOS(C)(=O)=O)c(OC)n2)c(OC)c1. The molecule has 9 nitrogen and oxygen atoms in total. The highest BCUT2D eigenvalue weighted by Gasteiger charge is 2.31. The van der Waals surface area contributed by atoms with Crippen LogP contribution in [0.1, 0.15) is 74.4 Å². The van der Waals surface area contributed by atoms with Crippen molar-refractivity contribution in [2.75, 3.05) is 34.2 Å². The van der Waals surface area contributed by atoms with Crippen molar-refractivity contribution in [3.8, 4) is 17.4 Å². The molecule has 0 spiro atoms. The smallest absolute Gasteiger partial charge is 0.264 e. The molecule has 1 amide bonds. The minimum absolute atomic E-state index is 0.00394. The third kappa shape index (κ3) is 9.10. The maximum Gasteiger partial charge on any atom is 0.264 e. The average molecular weight is 651 g/mol. The number of pyridine rings is 1. The number of unbranched alkanes of at least 4 members (excludes halogenated alkanes) is 1. The average Bonchev–Trinajstić information content (AvgIpc) is 3.37. The van der Waals surface area contributed by atoms with Crippen molar-refractivity contribution in [2.45, 2.75) is 70.9 Å². The predicted molar refractivity (Wildman–Crippen MR) is 180 cm³/mol. The molecule has 0 unspecified atom stereocenters. The molecular formula is C36H46N2O7S. The lowest BCUT2D eigenvalue weighted by molar-refractivity contribution is -0.129. The van der Waals surface area contributed by atoms with Crippen LogP contribution >= 0.6 is 0 Å². The van der Waals surface area contributed by atoms with Gasteiger partial charge in [0.05, 0.1) is 45.9 Å². The molecule has 1 aliphatic rings. The molecule has 1 aromatic heterocycles. The van der Waals surface area contributed by atoms with E-state index in [1.807, 2.05) is 35.2 Å². The number of amides is 1. The second-order valence-corrected chi connectivity index (χ2v) is 14.2. The number of aromatic nitrogens is 1. The maximum absolute atomic E-state index is 13.2. The standard InChI is InChI=1S/C36H46N2O7S/c1-36(2,3)28-15-11-25(12-16-28)31(32-19-14-26(35(37-32)44-6)10-8-9-21-45-46(7,40)41)22-29-17-20-34(39)38(29)24-27-13-18-30(42-4)23-33(27)43-5/h11-16,18-19,22-23,29H,8-10,17,20-21,24H2,1-7H3/b31-22-/t29-/m1/s1. The van der Waals surface area contributed by atoms with Crippen LogP contribution in [-0.4, -0.2) is 64.4 Å². The molecule has 2 heterocycles. The minimum Gasteiger partial charge on any atom is -0.497 e. The molecule has 0 radical (unpaired) electrons. The Morgan fingerprint density at radius 1 is 0.957 bits per heavy atom. The molecule has 1 atom stereocenters. The summed E-state index contributed by atoms with van der Waals surface area (Å²) in [5.74, 6) is 1.96. The van der Waals surface area contributed by atoms with E-state index in [4.69, 9.17) is 23.4 Å². The third-order valence-electron chi connectivity index (χ3n) is 8.18. The summed E-state index contributed by atoms with van der Waals surface area (Å²) < 4.78 is 44.1. The summed E-state index contributed by atoms with van der Waals surface area (Å²) in [5, 5.41) is 0. The quantitative estimate of drug-likeness (QED) is 0.147. The number of carbonyl (C=O) groups excluding carboxylic acids is 1. The van der Waals surface area contributed by atoms with Gasteiger partial charge in [0.25, 0.3) is 10.1 Å². The predicted octanol–water partition coefficient (Wildman–Crippen LogP) is 6.33. The number of hydrogen-bond acceptors (Lipinski definition) is 8. The Hall–Kier alpha value is -3.89. The van der Waals surface area contributed by atoms with Crippen molar-refractivity contribution in [3.05, 3.63) is 88.6 Å². The van der Waals surface area contributed by atoms with Crippen LogP contribution in [0.4, 0.5) is 0 Å².